The van der Waals surface area contributed by atoms with Crippen LogP contribution in [0.4, 0.5) is 0 Å². The third kappa shape index (κ3) is 5.07. The van der Waals surface area contributed by atoms with E-state index in [4.69, 9.17) is 0 Å². The van der Waals surface area contributed by atoms with Crippen LogP contribution in [0.25, 0.3) is 0 Å². The van der Waals surface area contributed by atoms with Crippen LogP contribution in [0.5, 0.6) is 0 Å². The van der Waals surface area contributed by atoms with Gasteiger partial charge in [0.2, 0.25) is 0 Å². The van der Waals surface area contributed by atoms with Gasteiger partial charge in [0.05, 0.1) is 0 Å². The second-order valence-electron chi connectivity index (χ2n) is 4.97. The number of rotatable bonds is 10. The summed E-state index contributed by atoms with van der Waals surface area (Å²) in [5.41, 5.74) is -0.0515. The number of unbranched alkanes of at least 4 members (excludes halogenated alkanes) is 6. The van der Waals surface area contributed by atoms with Crippen molar-refractivity contribution in [2.24, 2.45) is 0 Å². The fraction of sp³-hybridized carbons (Fsp3) is 0.857. The molecule has 0 atom stereocenters. The smallest absolute Gasteiger partial charge is 0.279 e. The second kappa shape index (κ2) is 8.95. The number of aromatic amines is 1. The third-order valence-corrected chi connectivity index (χ3v) is 3.33. The zero-order valence-corrected chi connectivity index (χ0v) is 11.9. The molecule has 18 heavy (non-hydrogen) atoms. The van der Waals surface area contributed by atoms with Crippen LogP contribution in [0.15, 0.2) is 4.79 Å². The topological polar surface area (TPSA) is 50.7 Å². The van der Waals surface area contributed by atoms with Gasteiger partial charge in [-0.15, -0.1) is 0 Å². The van der Waals surface area contributed by atoms with E-state index < -0.39 is 0 Å². The quantitative estimate of drug-likeness (QED) is 0.651. The van der Waals surface area contributed by atoms with Crippen molar-refractivity contribution in [3.05, 3.63) is 16.3 Å². The molecule has 1 N–H and O–H groups in total. The average molecular weight is 253 g/mol. The van der Waals surface area contributed by atoms with E-state index in [0.29, 0.717) is 0 Å². The fourth-order valence-corrected chi connectivity index (χ4v) is 2.15. The maximum Gasteiger partial charge on any atom is 0.343 e. The molecule has 0 aliphatic heterocycles. The van der Waals surface area contributed by atoms with E-state index in [-0.39, 0.29) is 5.69 Å². The van der Waals surface area contributed by atoms with E-state index in [1.807, 2.05) is 0 Å². The van der Waals surface area contributed by atoms with E-state index in [2.05, 4.69) is 24.0 Å². The number of hydrogen-bond acceptors (Lipinski definition) is 2. The van der Waals surface area contributed by atoms with Gasteiger partial charge in [0.1, 0.15) is 5.82 Å². The molecule has 1 aromatic heterocycles. The first-order valence-electron chi connectivity index (χ1n) is 7.43. The number of hydrogen-bond donors (Lipinski definition) is 1. The van der Waals surface area contributed by atoms with Crippen molar-refractivity contribution in [3.63, 3.8) is 0 Å². The fourth-order valence-electron chi connectivity index (χ4n) is 2.15. The highest BCUT2D eigenvalue weighted by atomic mass is 16.1. The molecule has 0 bridgehead atoms. The molecular weight excluding hydrogens is 226 g/mol. The summed E-state index contributed by atoms with van der Waals surface area (Å²) in [7, 11) is 0. The Morgan fingerprint density at radius 1 is 1.00 bits per heavy atom. The number of nitrogens with zero attached hydrogens (tertiary/aromatic N) is 2. The molecule has 4 heteroatoms. The predicted octanol–water partition coefficient (Wildman–Crippen LogP) is 3.27. The minimum Gasteiger partial charge on any atom is -0.279 e. The molecule has 0 aliphatic rings. The minimum atomic E-state index is -0.0515. The van der Waals surface area contributed by atoms with Crippen molar-refractivity contribution in [1.29, 1.82) is 0 Å². The van der Waals surface area contributed by atoms with Crippen LogP contribution in [-0.4, -0.2) is 14.8 Å². The summed E-state index contributed by atoms with van der Waals surface area (Å²) < 4.78 is 1.80. The summed E-state index contributed by atoms with van der Waals surface area (Å²) in [4.78, 5) is 11.6. The predicted molar refractivity (Wildman–Crippen MR) is 74.8 cm³/mol. The first-order valence-corrected chi connectivity index (χ1v) is 7.43. The molecule has 0 radical (unpaired) electrons. The van der Waals surface area contributed by atoms with E-state index in [1.165, 1.54) is 32.1 Å². The van der Waals surface area contributed by atoms with Crippen LogP contribution in [0.3, 0.4) is 0 Å². The van der Waals surface area contributed by atoms with Gasteiger partial charge in [0, 0.05) is 13.0 Å². The summed E-state index contributed by atoms with van der Waals surface area (Å²) in [6.45, 7) is 5.17. The summed E-state index contributed by atoms with van der Waals surface area (Å²) in [5, 5.41) is 6.69. The number of H-pyrrole nitrogens is 1. The van der Waals surface area contributed by atoms with Crippen molar-refractivity contribution in [2.45, 2.75) is 78.2 Å². The molecule has 0 saturated carbocycles. The minimum absolute atomic E-state index is 0.0515. The van der Waals surface area contributed by atoms with Gasteiger partial charge in [-0.1, -0.05) is 52.4 Å². The molecule has 1 rings (SSSR count). The van der Waals surface area contributed by atoms with E-state index in [9.17, 15) is 4.79 Å². The number of aromatic nitrogens is 3. The maximum absolute atomic E-state index is 11.6. The van der Waals surface area contributed by atoms with Crippen molar-refractivity contribution in [1.82, 2.24) is 14.8 Å². The van der Waals surface area contributed by atoms with Gasteiger partial charge in [-0.3, -0.25) is 4.57 Å². The van der Waals surface area contributed by atoms with Crippen molar-refractivity contribution in [2.75, 3.05) is 0 Å². The highest BCUT2D eigenvalue weighted by Crippen LogP contribution is 2.08. The first kappa shape index (κ1) is 15.0. The standard InChI is InChI=1S/C14H27N3O/c1-3-5-7-8-9-10-11-13-15-16-14(18)17(13)12-6-4-2/h3-12H2,1-2H3,(H,16,18). The molecule has 0 fully saturated rings. The largest absolute Gasteiger partial charge is 0.343 e. The lowest BCUT2D eigenvalue weighted by atomic mass is 10.1. The van der Waals surface area contributed by atoms with Crippen molar-refractivity contribution < 1.29 is 0 Å². The Morgan fingerprint density at radius 2 is 1.67 bits per heavy atom. The van der Waals surface area contributed by atoms with E-state index >= 15 is 0 Å². The van der Waals surface area contributed by atoms with Gasteiger partial charge in [0.15, 0.2) is 0 Å². The highest BCUT2D eigenvalue weighted by molar-refractivity contribution is 4.86. The molecule has 0 aromatic carbocycles. The molecule has 1 heterocycles. The van der Waals surface area contributed by atoms with Crippen LogP contribution in [0.2, 0.25) is 0 Å². The molecule has 4 nitrogen and oxygen atoms in total. The maximum atomic E-state index is 11.6. The van der Waals surface area contributed by atoms with E-state index in [1.54, 1.807) is 4.57 Å². The van der Waals surface area contributed by atoms with Gasteiger partial charge in [-0.2, -0.15) is 5.10 Å². The monoisotopic (exact) mass is 253 g/mol. The van der Waals surface area contributed by atoms with Crippen LogP contribution in [0, 0.1) is 0 Å². The molecule has 0 amide bonds. The SMILES string of the molecule is CCCCCCCCc1n[nH]c(=O)n1CCCC. The van der Waals surface area contributed by atoms with Gasteiger partial charge >= 0.3 is 5.69 Å². The Hall–Kier alpha value is -1.06. The normalized spacial score (nSPS) is 11.0. The lowest BCUT2D eigenvalue weighted by Gasteiger charge is -2.04. The van der Waals surface area contributed by atoms with Gasteiger partial charge < -0.3 is 0 Å². The van der Waals surface area contributed by atoms with Crippen LogP contribution in [-0.2, 0) is 13.0 Å². The first-order chi connectivity index (χ1) is 8.79. The molecule has 0 unspecified atom stereocenters. The van der Waals surface area contributed by atoms with Gasteiger partial charge in [0.25, 0.3) is 0 Å². The second-order valence-corrected chi connectivity index (χ2v) is 4.97. The molecule has 0 saturated heterocycles. The van der Waals surface area contributed by atoms with Crippen LogP contribution in [0.1, 0.15) is 71.0 Å². The van der Waals surface area contributed by atoms with Crippen LogP contribution >= 0.6 is 0 Å². The van der Waals surface area contributed by atoms with Crippen molar-refractivity contribution >= 4 is 0 Å². The van der Waals surface area contributed by atoms with Crippen LogP contribution < -0.4 is 5.69 Å². The lowest BCUT2D eigenvalue weighted by Crippen LogP contribution is -2.19. The Balaban J connectivity index is 2.30. The zero-order valence-electron chi connectivity index (χ0n) is 11.9. The Morgan fingerprint density at radius 3 is 2.39 bits per heavy atom. The molecule has 1 aromatic rings. The number of aryl methyl sites for hydroxylation is 1. The summed E-state index contributed by atoms with van der Waals surface area (Å²) in [6, 6.07) is 0. The Labute approximate surface area is 110 Å². The average Bonchev–Trinajstić information content (AvgIpc) is 2.72. The van der Waals surface area contributed by atoms with E-state index in [0.717, 1.165) is 38.1 Å². The van der Waals surface area contributed by atoms with Gasteiger partial charge in [-0.25, -0.2) is 9.89 Å². The van der Waals surface area contributed by atoms with Gasteiger partial charge in [-0.05, 0) is 12.8 Å². The molecule has 104 valence electrons. The molecule has 0 aliphatic carbocycles. The lowest BCUT2D eigenvalue weighted by molar-refractivity contribution is 0.560. The van der Waals surface area contributed by atoms with Crippen molar-refractivity contribution in [3.8, 4) is 0 Å². The highest BCUT2D eigenvalue weighted by Gasteiger charge is 2.06. The molecular formula is C14H27N3O. The number of nitrogens with one attached hydrogen (secondary N) is 1. The third-order valence-electron chi connectivity index (χ3n) is 3.33. The molecule has 0 spiro atoms. The zero-order chi connectivity index (χ0) is 13.2. The summed E-state index contributed by atoms with van der Waals surface area (Å²) in [6.07, 6.45) is 10.7. The Kier molecular flexibility index (Phi) is 7.46. The summed E-state index contributed by atoms with van der Waals surface area (Å²) in [5.74, 6) is 0.934. The Bertz CT molecular complexity index is 367. The summed E-state index contributed by atoms with van der Waals surface area (Å²) >= 11 is 0.